The van der Waals surface area contributed by atoms with Gasteiger partial charge in [-0.25, -0.2) is 0 Å². The molecule has 12 heteroatoms. The molecule has 0 saturated carbocycles. The van der Waals surface area contributed by atoms with Crippen molar-refractivity contribution < 1.29 is 41.0 Å². The molecule has 0 saturated heterocycles. The van der Waals surface area contributed by atoms with Crippen LogP contribution in [0.15, 0.2) is 42.5 Å². The van der Waals surface area contributed by atoms with E-state index >= 15 is 0 Å². The molecule has 0 bridgehead atoms. The van der Waals surface area contributed by atoms with Crippen molar-refractivity contribution in [3.8, 4) is 11.5 Å². The largest absolute Gasteiger partial charge is 0.493 e. The number of para-hydroxylation sites is 2. The highest BCUT2D eigenvalue weighted by molar-refractivity contribution is 6.05. The minimum absolute atomic E-state index is 0.0423. The zero-order chi connectivity index (χ0) is 25.0. The number of halogens is 5. The molecule has 2 aromatic rings. The van der Waals surface area contributed by atoms with Crippen molar-refractivity contribution in [1.29, 1.82) is 0 Å². The zero-order valence-corrected chi connectivity index (χ0v) is 18.2. The van der Waals surface area contributed by atoms with Gasteiger partial charge in [0.1, 0.15) is 6.04 Å². The lowest BCUT2D eigenvalue weighted by Gasteiger charge is -2.33. The summed E-state index contributed by atoms with van der Waals surface area (Å²) in [5, 5.41) is 2.41. The van der Waals surface area contributed by atoms with E-state index in [1.165, 1.54) is 61.5 Å². The second-order valence-electron chi connectivity index (χ2n) is 7.63. The van der Waals surface area contributed by atoms with Gasteiger partial charge in [0.25, 0.3) is 0 Å². The smallest absolute Gasteiger partial charge is 0.409 e. The van der Waals surface area contributed by atoms with Crippen molar-refractivity contribution in [2.75, 3.05) is 30.9 Å². The second kappa shape index (κ2) is 10.2. The first-order valence-corrected chi connectivity index (χ1v) is 10.1. The van der Waals surface area contributed by atoms with E-state index in [0.717, 1.165) is 0 Å². The van der Waals surface area contributed by atoms with Crippen LogP contribution >= 0.6 is 0 Å². The Kier molecular flexibility index (Phi) is 7.60. The number of hydrogen-bond acceptors (Lipinski definition) is 5. The summed E-state index contributed by atoms with van der Waals surface area (Å²) < 4.78 is 75.9. The lowest BCUT2D eigenvalue weighted by molar-refractivity contribution is -0.158. The van der Waals surface area contributed by atoms with Gasteiger partial charge in [0.05, 0.1) is 31.5 Å². The molecule has 0 fully saturated rings. The van der Waals surface area contributed by atoms with Crippen LogP contribution in [0, 0.1) is 0 Å². The third-order valence-corrected chi connectivity index (χ3v) is 5.08. The molecule has 184 valence electrons. The van der Waals surface area contributed by atoms with Crippen molar-refractivity contribution in [3.63, 3.8) is 0 Å². The number of amides is 2. The molecule has 7 nitrogen and oxygen atoms in total. The maximum absolute atomic E-state index is 13.8. The van der Waals surface area contributed by atoms with Gasteiger partial charge < -0.3 is 14.8 Å². The summed E-state index contributed by atoms with van der Waals surface area (Å²) in [6, 6.07) is 7.63. The summed E-state index contributed by atoms with van der Waals surface area (Å²) in [6.45, 7) is -3.35. The number of likely N-dealkylation sites (N-methyl/N-ethyl adjacent to an activating group) is 1. The minimum Gasteiger partial charge on any atom is -0.493 e. The Labute approximate surface area is 192 Å². The van der Waals surface area contributed by atoms with Crippen LogP contribution in [0.25, 0.3) is 0 Å². The predicted octanol–water partition coefficient (Wildman–Crippen LogP) is 4.03. The molecule has 1 N–H and O–H groups in total. The van der Waals surface area contributed by atoms with Gasteiger partial charge in [-0.15, -0.1) is 0 Å². The van der Waals surface area contributed by atoms with Gasteiger partial charge in [-0.05, 0) is 36.9 Å². The summed E-state index contributed by atoms with van der Waals surface area (Å²) in [5.41, 5.74) is 0.605. The van der Waals surface area contributed by atoms with Crippen molar-refractivity contribution in [2.24, 2.45) is 0 Å². The van der Waals surface area contributed by atoms with Crippen LogP contribution in [0.1, 0.15) is 12.0 Å². The van der Waals surface area contributed by atoms with E-state index in [9.17, 15) is 31.5 Å². The first-order valence-electron chi connectivity index (χ1n) is 10.1. The monoisotopic (exact) mass is 487 g/mol. The van der Waals surface area contributed by atoms with E-state index in [-0.39, 0.29) is 29.4 Å². The summed E-state index contributed by atoms with van der Waals surface area (Å²) >= 11 is 0. The Balaban J connectivity index is 1.82. The maximum Gasteiger partial charge on any atom is 0.409 e. The number of fused-ring (bicyclic) bond motifs is 1. The number of hydrogen-bond donors (Lipinski definition) is 1. The summed E-state index contributed by atoms with van der Waals surface area (Å²) in [4.78, 5) is 27.2. The minimum atomic E-state index is -4.84. The normalized spacial score (nSPS) is 16.2. The fourth-order valence-corrected chi connectivity index (χ4v) is 3.67. The zero-order valence-electron chi connectivity index (χ0n) is 18.2. The number of nitrogens with one attached hydrogen (secondary N) is 1. The Bertz CT molecular complexity index is 1050. The lowest BCUT2D eigenvalue weighted by atomic mass is 10.1. The average Bonchev–Trinajstić information content (AvgIpc) is 2.90. The van der Waals surface area contributed by atoms with E-state index in [2.05, 4.69) is 10.1 Å². The van der Waals surface area contributed by atoms with Gasteiger partial charge in [0, 0.05) is 6.54 Å². The van der Waals surface area contributed by atoms with E-state index in [4.69, 9.17) is 4.74 Å². The van der Waals surface area contributed by atoms with Gasteiger partial charge >= 0.3 is 12.8 Å². The molecule has 1 atom stereocenters. The third-order valence-electron chi connectivity index (χ3n) is 5.08. The Morgan fingerprint density at radius 3 is 2.56 bits per heavy atom. The van der Waals surface area contributed by atoms with Crippen LogP contribution in [0.5, 0.6) is 11.5 Å². The Morgan fingerprint density at radius 2 is 1.91 bits per heavy atom. The molecule has 34 heavy (non-hydrogen) atoms. The van der Waals surface area contributed by atoms with Crippen molar-refractivity contribution in [3.05, 3.63) is 48.0 Å². The topological polar surface area (TPSA) is 71.1 Å². The highest BCUT2D eigenvalue weighted by Crippen LogP contribution is 2.38. The first kappa shape index (κ1) is 25.2. The summed E-state index contributed by atoms with van der Waals surface area (Å²) in [6.07, 6.45) is -5.77. The van der Waals surface area contributed by atoms with Crippen molar-refractivity contribution >= 4 is 23.2 Å². The lowest BCUT2D eigenvalue weighted by Crippen LogP contribution is -2.52. The van der Waals surface area contributed by atoms with Crippen LogP contribution in [0.4, 0.5) is 33.3 Å². The van der Waals surface area contributed by atoms with Crippen LogP contribution in [0.2, 0.25) is 0 Å². The van der Waals surface area contributed by atoms with Gasteiger partial charge in [-0.2, -0.15) is 22.0 Å². The number of rotatable bonds is 7. The van der Waals surface area contributed by atoms with E-state index in [1.807, 2.05) is 0 Å². The Morgan fingerprint density at radius 1 is 1.21 bits per heavy atom. The molecule has 0 spiro atoms. The van der Waals surface area contributed by atoms with Crippen LogP contribution in [-0.4, -0.2) is 56.2 Å². The van der Waals surface area contributed by atoms with Crippen molar-refractivity contribution in [1.82, 2.24) is 4.90 Å². The van der Waals surface area contributed by atoms with Crippen molar-refractivity contribution in [2.45, 2.75) is 31.8 Å². The molecule has 2 amide bonds. The fourth-order valence-electron chi connectivity index (χ4n) is 3.67. The molecule has 1 aliphatic heterocycles. The molecule has 0 aromatic heterocycles. The van der Waals surface area contributed by atoms with Gasteiger partial charge in [0.15, 0.2) is 11.5 Å². The Hall–Kier alpha value is -3.41. The van der Waals surface area contributed by atoms with E-state index in [1.54, 1.807) is 0 Å². The highest BCUT2D eigenvalue weighted by atomic mass is 19.4. The maximum atomic E-state index is 13.8. The third kappa shape index (κ3) is 5.93. The SMILES string of the molecule is COc1cc(CN(C)CC(=O)N2c3ccccc3NC(=O)C[C@H]2C(F)(F)F)ccc1OC(F)F. The molecular formula is C22H22F5N3O4. The van der Waals surface area contributed by atoms with Gasteiger partial charge in [-0.3, -0.25) is 19.4 Å². The first-order chi connectivity index (χ1) is 16.0. The summed E-state index contributed by atoms with van der Waals surface area (Å²) in [7, 11) is 2.79. The number of anilines is 2. The number of carbonyl (C=O) groups excluding carboxylic acids is 2. The number of alkyl halides is 5. The number of nitrogens with zero attached hydrogens (tertiary/aromatic N) is 2. The standard InChI is InChI=1S/C22H22F5N3O4/c1-29(11-13-7-8-16(34-21(23)24)17(9-13)33-2)12-20(32)30-15-6-4-3-5-14(15)28-19(31)10-18(30)22(25,26)27/h3-9,18,21H,10-12H2,1-2H3,(H,28,31)/t18-/m0/s1. The summed E-state index contributed by atoms with van der Waals surface area (Å²) in [5.74, 6) is -1.85. The van der Waals surface area contributed by atoms with Gasteiger partial charge in [-0.1, -0.05) is 18.2 Å². The molecule has 1 heterocycles. The van der Waals surface area contributed by atoms with Crippen LogP contribution < -0.4 is 19.7 Å². The molecule has 0 aliphatic carbocycles. The molecule has 1 aliphatic rings. The molecular weight excluding hydrogens is 465 g/mol. The molecule has 2 aromatic carbocycles. The highest BCUT2D eigenvalue weighted by Gasteiger charge is 2.49. The molecule has 3 rings (SSSR count). The number of ether oxygens (including phenoxy) is 2. The van der Waals surface area contributed by atoms with Crippen LogP contribution in [0.3, 0.4) is 0 Å². The number of methoxy groups -OCH3 is 1. The molecule has 0 radical (unpaired) electrons. The van der Waals surface area contributed by atoms with Gasteiger partial charge in [0.2, 0.25) is 11.8 Å². The fraction of sp³-hybridized carbons (Fsp3) is 0.364. The van der Waals surface area contributed by atoms with Crippen LogP contribution in [-0.2, 0) is 16.1 Å². The van der Waals surface area contributed by atoms with E-state index < -0.39 is 43.6 Å². The average molecular weight is 487 g/mol. The number of carbonyl (C=O) groups is 2. The quantitative estimate of drug-likeness (QED) is 0.598. The van der Waals surface area contributed by atoms with E-state index in [0.29, 0.717) is 10.5 Å². The second-order valence-corrected chi connectivity index (χ2v) is 7.63. The predicted molar refractivity (Wildman–Crippen MR) is 113 cm³/mol. The molecule has 0 unspecified atom stereocenters. The number of benzene rings is 2.